The van der Waals surface area contributed by atoms with Crippen molar-refractivity contribution in [2.75, 3.05) is 6.54 Å². The molecule has 21 heavy (non-hydrogen) atoms. The first kappa shape index (κ1) is 14.3. The number of carboxylic acid groups (broad SMARTS) is 1. The third-order valence-electron chi connectivity index (χ3n) is 2.94. The zero-order chi connectivity index (χ0) is 15.4. The van der Waals surface area contributed by atoms with Gasteiger partial charge in [0.1, 0.15) is 6.54 Å². The van der Waals surface area contributed by atoms with Crippen molar-refractivity contribution >= 4 is 22.8 Å². The standard InChI is InChI=1S/C15H12N2O4/c1-2-7-16-13(18)9-17-12-6-4-3-5-10(12)11(15(20)21)8-14(17)19/h1,3-6,8H,7,9H2,(H,16,18)(H,20,21). The van der Waals surface area contributed by atoms with Crippen LogP contribution in [0.2, 0.25) is 0 Å². The quantitative estimate of drug-likeness (QED) is 0.798. The van der Waals surface area contributed by atoms with E-state index in [4.69, 9.17) is 11.5 Å². The van der Waals surface area contributed by atoms with E-state index in [1.807, 2.05) is 0 Å². The second kappa shape index (κ2) is 5.92. The number of amides is 1. The van der Waals surface area contributed by atoms with E-state index in [1.165, 1.54) is 4.57 Å². The normalized spacial score (nSPS) is 10.0. The van der Waals surface area contributed by atoms with Crippen LogP contribution in [0.5, 0.6) is 0 Å². The van der Waals surface area contributed by atoms with Crippen LogP contribution in [0.15, 0.2) is 35.1 Å². The van der Waals surface area contributed by atoms with Gasteiger partial charge in [0.25, 0.3) is 5.56 Å². The van der Waals surface area contributed by atoms with E-state index in [-0.39, 0.29) is 18.7 Å². The molecule has 0 unspecified atom stereocenters. The number of carboxylic acids is 1. The molecule has 6 heteroatoms. The molecule has 0 saturated heterocycles. The summed E-state index contributed by atoms with van der Waals surface area (Å²) in [6.45, 7) is -0.153. The molecule has 0 aliphatic rings. The average Bonchev–Trinajstić information content (AvgIpc) is 2.47. The predicted octanol–water partition coefficient (Wildman–Crippen LogP) is 0.449. The van der Waals surface area contributed by atoms with Gasteiger partial charge >= 0.3 is 5.97 Å². The summed E-state index contributed by atoms with van der Waals surface area (Å²) in [6.07, 6.45) is 5.05. The molecule has 106 valence electrons. The third-order valence-corrected chi connectivity index (χ3v) is 2.94. The zero-order valence-corrected chi connectivity index (χ0v) is 11.0. The molecule has 2 rings (SSSR count). The third kappa shape index (κ3) is 2.92. The number of fused-ring (bicyclic) bond motifs is 1. The summed E-state index contributed by atoms with van der Waals surface area (Å²) < 4.78 is 1.22. The summed E-state index contributed by atoms with van der Waals surface area (Å²) in [7, 11) is 0. The van der Waals surface area contributed by atoms with Crippen molar-refractivity contribution in [2.45, 2.75) is 6.54 Å². The van der Waals surface area contributed by atoms with E-state index >= 15 is 0 Å². The number of rotatable bonds is 4. The Morgan fingerprint density at radius 3 is 2.71 bits per heavy atom. The van der Waals surface area contributed by atoms with Gasteiger partial charge in [-0.25, -0.2) is 4.79 Å². The smallest absolute Gasteiger partial charge is 0.336 e. The fourth-order valence-electron chi connectivity index (χ4n) is 2.02. The highest BCUT2D eigenvalue weighted by molar-refractivity contribution is 6.02. The molecule has 0 saturated carbocycles. The number of hydrogen-bond acceptors (Lipinski definition) is 3. The Bertz CT molecular complexity index is 815. The number of aromatic nitrogens is 1. The molecule has 0 radical (unpaired) electrons. The van der Waals surface area contributed by atoms with Crippen LogP contribution >= 0.6 is 0 Å². The number of carbonyl (C=O) groups is 2. The van der Waals surface area contributed by atoms with Crippen LogP contribution in [-0.4, -0.2) is 28.1 Å². The minimum absolute atomic E-state index is 0.0682. The van der Waals surface area contributed by atoms with Gasteiger partial charge in [0.05, 0.1) is 17.6 Å². The molecule has 0 fully saturated rings. The van der Waals surface area contributed by atoms with Crippen LogP contribution in [0.3, 0.4) is 0 Å². The Hall–Kier alpha value is -3.07. The van der Waals surface area contributed by atoms with Crippen LogP contribution in [0.25, 0.3) is 10.9 Å². The van der Waals surface area contributed by atoms with E-state index in [9.17, 15) is 14.4 Å². The van der Waals surface area contributed by atoms with Gasteiger partial charge in [-0.15, -0.1) is 6.42 Å². The van der Waals surface area contributed by atoms with Crippen LogP contribution in [0.1, 0.15) is 10.4 Å². The van der Waals surface area contributed by atoms with Crippen molar-refractivity contribution < 1.29 is 14.7 Å². The Morgan fingerprint density at radius 1 is 1.33 bits per heavy atom. The number of terminal acetylenes is 1. The van der Waals surface area contributed by atoms with Crippen molar-refractivity contribution in [1.82, 2.24) is 9.88 Å². The number of carbonyl (C=O) groups excluding carboxylic acids is 1. The minimum Gasteiger partial charge on any atom is -0.478 e. The first-order valence-electron chi connectivity index (χ1n) is 6.10. The lowest BCUT2D eigenvalue weighted by molar-refractivity contribution is -0.121. The largest absolute Gasteiger partial charge is 0.478 e. The molecule has 1 aromatic carbocycles. The second-order valence-electron chi connectivity index (χ2n) is 4.29. The van der Waals surface area contributed by atoms with Crippen molar-refractivity contribution in [3.05, 3.63) is 46.2 Å². The number of hydrogen-bond donors (Lipinski definition) is 2. The summed E-state index contributed by atoms with van der Waals surface area (Å²) in [5, 5.41) is 12.0. The molecular weight excluding hydrogens is 272 g/mol. The molecular formula is C15H12N2O4. The molecule has 0 bridgehead atoms. The molecule has 0 aliphatic carbocycles. The Kier molecular flexibility index (Phi) is 4.05. The summed E-state index contributed by atoms with van der Waals surface area (Å²) in [5.41, 5.74) is -0.254. The molecule has 0 aliphatic heterocycles. The van der Waals surface area contributed by atoms with Gasteiger partial charge in [-0.05, 0) is 6.07 Å². The lowest BCUT2D eigenvalue weighted by atomic mass is 10.1. The van der Waals surface area contributed by atoms with Crippen molar-refractivity contribution in [2.24, 2.45) is 0 Å². The number of nitrogens with one attached hydrogen (secondary N) is 1. The first-order valence-corrected chi connectivity index (χ1v) is 6.10. The van der Waals surface area contributed by atoms with Gasteiger partial charge in [-0.3, -0.25) is 14.2 Å². The van der Waals surface area contributed by atoms with Gasteiger partial charge in [0.2, 0.25) is 5.91 Å². The Morgan fingerprint density at radius 2 is 2.05 bits per heavy atom. The lowest BCUT2D eigenvalue weighted by Gasteiger charge is -2.11. The highest BCUT2D eigenvalue weighted by atomic mass is 16.4. The Labute approximate surface area is 120 Å². The van der Waals surface area contributed by atoms with Crippen molar-refractivity contribution in [3.63, 3.8) is 0 Å². The maximum atomic E-state index is 12.0. The van der Waals surface area contributed by atoms with Gasteiger partial charge in [-0.2, -0.15) is 0 Å². The van der Waals surface area contributed by atoms with Crippen LogP contribution in [0, 0.1) is 12.3 Å². The summed E-state index contributed by atoms with van der Waals surface area (Å²) in [4.78, 5) is 34.9. The van der Waals surface area contributed by atoms with Gasteiger partial charge < -0.3 is 10.4 Å². The molecule has 0 spiro atoms. The molecule has 0 atom stereocenters. The molecule has 1 aromatic heterocycles. The maximum Gasteiger partial charge on any atom is 0.336 e. The number of pyridine rings is 1. The fraction of sp³-hybridized carbons (Fsp3) is 0.133. The van der Waals surface area contributed by atoms with Crippen molar-refractivity contribution in [1.29, 1.82) is 0 Å². The SMILES string of the molecule is C#CCNC(=O)Cn1c(=O)cc(C(=O)O)c2ccccc21. The minimum atomic E-state index is -1.19. The highest BCUT2D eigenvalue weighted by Gasteiger charge is 2.14. The van der Waals surface area contributed by atoms with Crippen molar-refractivity contribution in [3.8, 4) is 12.3 Å². The molecule has 2 N–H and O–H groups in total. The molecule has 1 amide bonds. The lowest BCUT2D eigenvalue weighted by Crippen LogP contribution is -2.33. The topological polar surface area (TPSA) is 88.4 Å². The maximum absolute atomic E-state index is 12.0. The number of benzene rings is 1. The first-order chi connectivity index (χ1) is 10.0. The highest BCUT2D eigenvalue weighted by Crippen LogP contribution is 2.16. The Balaban J connectivity index is 2.55. The zero-order valence-electron chi connectivity index (χ0n) is 11.0. The van der Waals surface area contributed by atoms with E-state index in [0.717, 1.165) is 6.07 Å². The van der Waals surface area contributed by atoms with Gasteiger partial charge in [0.15, 0.2) is 0 Å². The molecule has 1 heterocycles. The monoisotopic (exact) mass is 284 g/mol. The van der Waals surface area contributed by atoms with Crippen LogP contribution < -0.4 is 10.9 Å². The predicted molar refractivity (Wildman–Crippen MR) is 77.0 cm³/mol. The summed E-state index contributed by atoms with van der Waals surface area (Å²) in [6, 6.07) is 7.54. The van der Waals surface area contributed by atoms with Crippen LogP contribution in [-0.2, 0) is 11.3 Å². The van der Waals surface area contributed by atoms with E-state index in [2.05, 4.69) is 11.2 Å². The second-order valence-corrected chi connectivity index (χ2v) is 4.29. The number of aromatic carboxylic acids is 1. The van der Waals surface area contributed by atoms with Crippen LogP contribution in [0.4, 0.5) is 0 Å². The summed E-state index contributed by atoms with van der Waals surface area (Å²) in [5.74, 6) is 0.662. The summed E-state index contributed by atoms with van der Waals surface area (Å²) >= 11 is 0. The van der Waals surface area contributed by atoms with Gasteiger partial charge in [0, 0.05) is 11.5 Å². The fourth-order valence-corrected chi connectivity index (χ4v) is 2.02. The van der Waals surface area contributed by atoms with E-state index < -0.39 is 17.4 Å². The molecule has 2 aromatic rings. The average molecular weight is 284 g/mol. The van der Waals surface area contributed by atoms with E-state index in [0.29, 0.717) is 10.9 Å². The van der Waals surface area contributed by atoms with Gasteiger partial charge in [-0.1, -0.05) is 24.1 Å². The van der Waals surface area contributed by atoms with E-state index in [1.54, 1.807) is 24.3 Å². The number of nitrogens with zero attached hydrogens (tertiary/aromatic N) is 1. The number of para-hydroxylation sites is 1. The molecule has 6 nitrogen and oxygen atoms in total.